The summed E-state index contributed by atoms with van der Waals surface area (Å²) < 4.78 is 28.8. The van der Waals surface area contributed by atoms with E-state index < -0.39 is 15.6 Å². The molecule has 0 saturated carbocycles. The topological polar surface area (TPSA) is 55.4 Å². The molecule has 2 heterocycles. The molecule has 2 unspecified atom stereocenters. The Morgan fingerprint density at radius 3 is 2.44 bits per heavy atom. The van der Waals surface area contributed by atoms with Crippen molar-refractivity contribution in [3.05, 3.63) is 0 Å². The molecule has 5 heteroatoms. The van der Waals surface area contributed by atoms with E-state index >= 15 is 0 Å². The summed E-state index contributed by atoms with van der Waals surface area (Å²) >= 11 is 0. The molecule has 0 aromatic rings. The van der Waals surface area contributed by atoms with E-state index in [9.17, 15) is 8.42 Å². The number of hydrogen-bond donors (Lipinski definition) is 1. The molecular formula is C11H21NO3S. The molecule has 1 N–H and O–H groups in total. The first-order chi connectivity index (χ1) is 7.23. The van der Waals surface area contributed by atoms with E-state index in [1.54, 1.807) is 0 Å². The molecule has 0 spiro atoms. The molecule has 2 rings (SSSR count). The highest BCUT2D eigenvalue weighted by Gasteiger charge is 2.45. The van der Waals surface area contributed by atoms with Gasteiger partial charge in [-0.25, -0.2) is 8.42 Å². The van der Waals surface area contributed by atoms with E-state index in [1.165, 1.54) is 0 Å². The van der Waals surface area contributed by atoms with Crippen LogP contribution < -0.4 is 5.32 Å². The lowest BCUT2D eigenvalue weighted by Crippen LogP contribution is -2.59. The van der Waals surface area contributed by atoms with Gasteiger partial charge in [0.25, 0.3) is 0 Å². The molecule has 2 aliphatic rings. The minimum absolute atomic E-state index is 0.0913. The number of nitrogens with one attached hydrogen (secondary N) is 1. The van der Waals surface area contributed by atoms with Crippen molar-refractivity contribution in [3.63, 3.8) is 0 Å². The van der Waals surface area contributed by atoms with Gasteiger partial charge in [-0.2, -0.15) is 0 Å². The normalized spacial score (nSPS) is 42.1. The van der Waals surface area contributed by atoms with Crippen molar-refractivity contribution < 1.29 is 13.2 Å². The highest BCUT2D eigenvalue weighted by Crippen LogP contribution is 2.34. The zero-order valence-electron chi connectivity index (χ0n) is 10.2. The summed E-state index contributed by atoms with van der Waals surface area (Å²) in [4.78, 5) is 0. The Morgan fingerprint density at radius 2 is 2.00 bits per heavy atom. The van der Waals surface area contributed by atoms with Crippen LogP contribution >= 0.6 is 0 Å². The molecule has 16 heavy (non-hydrogen) atoms. The molecular weight excluding hydrogens is 226 g/mol. The molecule has 0 aromatic heterocycles. The summed E-state index contributed by atoms with van der Waals surface area (Å²) in [6.07, 6.45) is 0.715. The van der Waals surface area contributed by atoms with Crippen molar-refractivity contribution in [2.75, 3.05) is 24.7 Å². The standard InChI is InChI=1S/C11H21NO3S/c1-10(2)7-12-11(3,15-8-10)9-4-5-16(13,14)6-9/h9,12H,4-8H2,1-3H3. The summed E-state index contributed by atoms with van der Waals surface area (Å²) in [7, 11) is -2.83. The van der Waals surface area contributed by atoms with Crippen LogP contribution in [-0.4, -0.2) is 38.8 Å². The first kappa shape index (κ1) is 12.3. The number of sulfone groups is 1. The fourth-order valence-corrected chi connectivity index (χ4v) is 4.26. The van der Waals surface area contributed by atoms with Gasteiger partial charge in [-0.05, 0) is 13.3 Å². The second-order valence-electron chi connectivity index (χ2n) is 6.01. The van der Waals surface area contributed by atoms with Crippen LogP contribution in [0.2, 0.25) is 0 Å². The van der Waals surface area contributed by atoms with Crippen molar-refractivity contribution in [1.82, 2.24) is 5.32 Å². The quantitative estimate of drug-likeness (QED) is 0.744. The van der Waals surface area contributed by atoms with E-state index in [4.69, 9.17) is 4.74 Å². The van der Waals surface area contributed by atoms with E-state index in [1.807, 2.05) is 6.92 Å². The first-order valence-electron chi connectivity index (χ1n) is 5.82. The van der Waals surface area contributed by atoms with E-state index in [-0.39, 0.29) is 17.1 Å². The molecule has 2 fully saturated rings. The molecule has 0 aromatic carbocycles. The number of rotatable bonds is 1. The van der Waals surface area contributed by atoms with Gasteiger partial charge in [0, 0.05) is 17.9 Å². The van der Waals surface area contributed by atoms with Gasteiger partial charge in [-0.15, -0.1) is 0 Å². The zero-order chi connectivity index (χ0) is 12.0. The molecule has 0 aliphatic carbocycles. The van der Waals surface area contributed by atoms with E-state index in [2.05, 4.69) is 19.2 Å². The van der Waals surface area contributed by atoms with Gasteiger partial charge >= 0.3 is 0 Å². The van der Waals surface area contributed by atoms with Crippen LogP contribution in [-0.2, 0) is 14.6 Å². The lowest BCUT2D eigenvalue weighted by atomic mass is 9.88. The minimum atomic E-state index is -2.83. The molecule has 94 valence electrons. The second-order valence-corrected chi connectivity index (χ2v) is 8.24. The Bertz CT molecular complexity index is 365. The summed E-state index contributed by atoms with van der Waals surface area (Å²) in [5, 5.41) is 3.38. The Kier molecular flexibility index (Phi) is 2.84. The highest BCUT2D eigenvalue weighted by atomic mass is 32.2. The van der Waals surface area contributed by atoms with Crippen LogP contribution in [0.25, 0.3) is 0 Å². The third-order valence-electron chi connectivity index (χ3n) is 3.69. The minimum Gasteiger partial charge on any atom is -0.360 e. The summed E-state index contributed by atoms with van der Waals surface area (Å²) in [6.45, 7) is 7.83. The second kappa shape index (κ2) is 3.68. The Labute approximate surface area is 97.7 Å². The van der Waals surface area contributed by atoms with Crippen molar-refractivity contribution in [3.8, 4) is 0 Å². The average Bonchev–Trinajstić information content (AvgIpc) is 2.53. The van der Waals surface area contributed by atoms with Crippen LogP contribution in [0.3, 0.4) is 0 Å². The van der Waals surface area contributed by atoms with Crippen molar-refractivity contribution >= 4 is 9.84 Å². The van der Waals surface area contributed by atoms with Crippen LogP contribution in [0, 0.1) is 11.3 Å². The Balaban J connectivity index is 2.05. The molecule has 0 radical (unpaired) electrons. The van der Waals surface area contributed by atoms with Crippen LogP contribution in [0.1, 0.15) is 27.2 Å². The highest BCUT2D eigenvalue weighted by molar-refractivity contribution is 7.91. The summed E-state index contributed by atoms with van der Waals surface area (Å²) in [5.74, 6) is 0.659. The van der Waals surface area contributed by atoms with E-state index in [0.717, 1.165) is 6.54 Å². The molecule has 2 atom stereocenters. The molecule has 4 nitrogen and oxygen atoms in total. The third kappa shape index (κ3) is 2.41. The number of ether oxygens (including phenoxy) is 1. The van der Waals surface area contributed by atoms with Crippen molar-refractivity contribution in [2.24, 2.45) is 11.3 Å². The van der Waals surface area contributed by atoms with Gasteiger partial charge in [0.2, 0.25) is 0 Å². The lowest BCUT2D eigenvalue weighted by Gasteiger charge is -2.45. The van der Waals surface area contributed by atoms with Gasteiger partial charge in [-0.1, -0.05) is 13.8 Å². The maximum Gasteiger partial charge on any atom is 0.150 e. The van der Waals surface area contributed by atoms with Crippen LogP contribution in [0.4, 0.5) is 0 Å². The molecule has 0 bridgehead atoms. The molecule has 2 saturated heterocycles. The van der Waals surface area contributed by atoms with Crippen LogP contribution in [0.15, 0.2) is 0 Å². The lowest BCUT2D eigenvalue weighted by molar-refractivity contribution is -0.151. The Hall–Kier alpha value is -0.130. The average molecular weight is 247 g/mol. The first-order valence-corrected chi connectivity index (χ1v) is 7.64. The number of hydrogen-bond acceptors (Lipinski definition) is 4. The predicted molar refractivity (Wildman–Crippen MR) is 62.9 cm³/mol. The summed E-state index contributed by atoms with van der Waals surface area (Å²) in [6, 6.07) is 0. The zero-order valence-corrected chi connectivity index (χ0v) is 11.1. The van der Waals surface area contributed by atoms with Gasteiger partial charge < -0.3 is 4.74 Å². The van der Waals surface area contributed by atoms with Gasteiger partial charge in [-0.3, -0.25) is 5.32 Å². The summed E-state index contributed by atoms with van der Waals surface area (Å²) in [5.41, 5.74) is -0.323. The smallest absolute Gasteiger partial charge is 0.150 e. The maximum atomic E-state index is 11.5. The van der Waals surface area contributed by atoms with Crippen molar-refractivity contribution in [2.45, 2.75) is 32.9 Å². The Morgan fingerprint density at radius 1 is 1.31 bits per heavy atom. The largest absolute Gasteiger partial charge is 0.360 e. The fourth-order valence-electron chi connectivity index (χ4n) is 2.35. The predicted octanol–water partition coefficient (Wildman–Crippen LogP) is 0.783. The van der Waals surface area contributed by atoms with Crippen molar-refractivity contribution in [1.29, 1.82) is 0 Å². The SMILES string of the molecule is CC1(C)CNC(C)(C2CCS(=O)(=O)C2)OC1. The van der Waals surface area contributed by atoms with Gasteiger partial charge in [0.05, 0.1) is 18.1 Å². The van der Waals surface area contributed by atoms with E-state index in [0.29, 0.717) is 18.8 Å². The molecule has 0 amide bonds. The van der Waals surface area contributed by atoms with Crippen LogP contribution in [0.5, 0.6) is 0 Å². The maximum absolute atomic E-state index is 11.5. The monoisotopic (exact) mass is 247 g/mol. The third-order valence-corrected chi connectivity index (χ3v) is 5.46. The van der Waals surface area contributed by atoms with Gasteiger partial charge in [0.15, 0.2) is 9.84 Å². The van der Waals surface area contributed by atoms with Gasteiger partial charge in [0.1, 0.15) is 5.72 Å². The molecule has 2 aliphatic heterocycles. The fraction of sp³-hybridized carbons (Fsp3) is 1.00.